The van der Waals surface area contributed by atoms with Gasteiger partial charge in [-0.25, -0.2) is 0 Å². The number of thioether (sulfide) groups is 1. The standard InChI is InChI=1S/C6H6N2OS2/c7-2-1-3-8-5(10)4-11-6(8)9/h1,3-4H2. The van der Waals surface area contributed by atoms with Crippen molar-refractivity contribution in [3.8, 4) is 6.07 Å². The van der Waals surface area contributed by atoms with Crippen molar-refractivity contribution in [1.82, 2.24) is 4.90 Å². The van der Waals surface area contributed by atoms with Gasteiger partial charge in [-0.15, -0.1) is 0 Å². The van der Waals surface area contributed by atoms with Crippen LogP contribution in [0.25, 0.3) is 0 Å². The Balaban J connectivity index is 2.49. The molecule has 0 radical (unpaired) electrons. The molecule has 0 unspecified atom stereocenters. The third kappa shape index (κ3) is 1.91. The largest absolute Gasteiger partial charge is 0.296 e. The summed E-state index contributed by atoms with van der Waals surface area (Å²) < 4.78 is 0. The minimum Gasteiger partial charge on any atom is -0.296 e. The second-order valence-electron chi connectivity index (χ2n) is 2.01. The van der Waals surface area contributed by atoms with Crippen molar-refractivity contribution < 1.29 is 4.79 Å². The molecule has 1 amide bonds. The fraction of sp³-hybridized carbons (Fsp3) is 0.500. The van der Waals surface area contributed by atoms with Crippen LogP contribution in [0.4, 0.5) is 4.79 Å². The van der Waals surface area contributed by atoms with E-state index in [9.17, 15) is 4.79 Å². The van der Waals surface area contributed by atoms with Crippen molar-refractivity contribution >= 4 is 34.2 Å². The zero-order valence-electron chi connectivity index (χ0n) is 5.74. The van der Waals surface area contributed by atoms with Gasteiger partial charge in [-0.2, -0.15) is 5.26 Å². The maximum atomic E-state index is 11.0. The summed E-state index contributed by atoms with van der Waals surface area (Å²) in [5, 5.41) is 8.24. The molecule has 1 fully saturated rings. The average Bonchev–Trinajstić information content (AvgIpc) is 2.29. The first-order valence-electron chi connectivity index (χ1n) is 3.10. The van der Waals surface area contributed by atoms with Gasteiger partial charge in [0.05, 0.1) is 23.2 Å². The number of amides is 1. The number of carbonyl (C=O) groups excluding carboxylic acids is 1. The molecular formula is C6H6N2OS2. The quantitative estimate of drug-likeness (QED) is 0.611. The number of thiocarbonyl (C=S) groups is 1. The van der Waals surface area contributed by atoms with Gasteiger partial charge in [0.25, 0.3) is 5.24 Å². The smallest absolute Gasteiger partial charge is 0.286 e. The van der Waals surface area contributed by atoms with Crippen molar-refractivity contribution in [3.05, 3.63) is 0 Å². The molecule has 0 aromatic rings. The molecule has 1 heterocycles. The highest BCUT2D eigenvalue weighted by Gasteiger charge is 2.25. The summed E-state index contributed by atoms with van der Waals surface area (Å²) in [5.74, 6) is 0.597. The molecule has 0 aromatic heterocycles. The molecule has 3 nitrogen and oxygen atoms in total. The molecule has 0 aromatic carbocycles. The molecule has 0 spiro atoms. The van der Waals surface area contributed by atoms with Crippen LogP contribution in [0.3, 0.4) is 0 Å². The molecule has 1 aliphatic heterocycles. The highest BCUT2D eigenvalue weighted by molar-refractivity contribution is 8.15. The maximum Gasteiger partial charge on any atom is 0.286 e. The zero-order valence-corrected chi connectivity index (χ0v) is 7.37. The van der Waals surface area contributed by atoms with Gasteiger partial charge in [0.2, 0.25) is 0 Å². The van der Waals surface area contributed by atoms with E-state index in [1.54, 1.807) is 0 Å². The summed E-state index contributed by atoms with van der Waals surface area (Å²) >= 11 is 6.11. The second-order valence-corrected chi connectivity index (χ2v) is 3.41. The fourth-order valence-corrected chi connectivity index (χ4v) is 1.93. The number of nitriles is 1. The van der Waals surface area contributed by atoms with E-state index < -0.39 is 0 Å². The average molecular weight is 186 g/mol. The molecule has 0 aliphatic carbocycles. The van der Waals surface area contributed by atoms with Crippen LogP contribution in [0.1, 0.15) is 6.42 Å². The number of hydrogen-bond acceptors (Lipinski definition) is 4. The molecule has 1 rings (SSSR count). The first-order chi connectivity index (χ1) is 5.25. The molecule has 58 valence electrons. The predicted octanol–water partition coefficient (Wildman–Crippen LogP) is 1.40. The van der Waals surface area contributed by atoms with Crippen molar-refractivity contribution in [1.29, 1.82) is 5.26 Å². The lowest BCUT2D eigenvalue weighted by atomic mass is 10.4. The van der Waals surface area contributed by atoms with Crippen LogP contribution in [0.15, 0.2) is 0 Å². The third-order valence-corrected chi connectivity index (χ3v) is 2.72. The summed E-state index contributed by atoms with van der Waals surface area (Å²) in [7, 11) is 0. The zero-order chi connectivity index (χ0) is 8.27. The molecule has 11 heavy (non-hydrogen) atoms. The van der Waals surface area contributed by atoms with Gasteiger partial charge in [-0.3, -0.25) is 9.69 Å². The highest BCUT2D eigenvalue weighted by Crippen LogP contribution is 2.19. The molecule has 1 saturated heterocycles. The summed E-state index contributed by atoms with van der Waals surface area (Å²) in [5.41, 5.74) is 0. The van der Waals surface area contributed by atoms with Crippen LogP contribution in [0, 0.1) is 11.3 Å². The van der Waals surface area contributed by atoms with E-state index in [-0.39, 0.29) is 5.24 Å². The van der Waals surface area contributed by atoms with Crippen LogP contribution in [0.5, 0.6) is 0 Å². The van der Waals surface area contributed by atoms with Crippen LogP contribution >= 0.6 is 24.0 Å². The van der Waals surface area contributed by atoms with E-state index in [2.05, 4.69) is 0 Å². The van der Waals surface area contributed by atoms with E-state index in [4.69, 9.17) is 17.5 Å². The topological polar surface area (TPSA) is 44.1 Å². The summed E-state index contributed by atoms with van der Waals surface area (Å²) in [6, 6.07) is 1.97. The van der Waals surface area contributed by atoms with Gasteiger partial charge in [-0.1, -0.05) is 24.0 Å². The molecular weight excluding hydrogens is 180 g/mol. The van der Waals surface area contributed by atoms with Crippen LogP contribution in [-0.4, -0.2) is 27.4 Å². The van der Waals surface area contributed by atoms with E-state index in [1.165, 1.54) is 16.7 Å². The maximum absolute atomic E-state index is 11.0. The Morgan fingerprint density at radius 2 is 2.55 bits per heavy atom. The van der Waals surface area contributed by atoms with Crippen LogP contribution < -0.4 is 0 Å². The Kier molecular flexibility index (Phi) is 2.85. The highest BCUT2D eigenvalue weighted by atomic mass is 32.2. The molecule has 0 saturated carbocycles. The van der Waals surface area contributed by atoms with Gasteiger partial charge in [0.15, 0.2) is 0 Å². The number of carbonyl (C=O) groups is 1. The molecule has 1 aliphatic rings. The number of nitrogens with zero attached hydrogens (tertiary/aromatic N) is 2. The molecule has 5 heteroatoms. The fourth-order valence-electron chi connectivity index (χ4n) is 0.759. The Morgan fingerprint density at radius 1 is 1.82 bits per heavy atom. The van der Waals surface area contributed by atoms with E-state index in [0.29, 0.717) is 23.7 Å². The number of rotatable bonds is 2. The van der Waals surface area contributed by atoms with Crippen molar-refractivity contribution in [2.45, 2.75) is 6.42 Å². The Morgan fingerprint density at radius 3 is 3.00 bits per heavy atom. The van der Waals surface area contributed by atoms with Gasteiger partial charge in [0.1, 0.15) is 0 Å². The Labute approximate surface area is 74.4 Å². The van der Waals surface area contributed by atoms with Crippen molar-refractivity contribution in [3.63, 3.8) is 0 Å². The molecule has 0 bridgehead atoms. The van der Waals surface area contributed by atoms with Crippen molar-refractivity contribution in [2.24, 2.45) is 0 Å². The minimum absolute atomic E-state index is 0.0229. The first kappa shape index (κ1) is 8.50. The van der Waals surface area contributed by atoms with E-state index in [0.717, 1.165) is 0 Å². The van der Waals surface area contributed by atoms with Crippen LogP contribution in [-0.2, 0) is 0 Å². The lowest BCUT2D eigenvalue weighted by Crippen LogP contribution is -2.27. The van der Waals surface area contributed by atoms with E-state index in [1.807, 2.05) is 6.07 Å². The Bertz CT molecular complexity index is 217. The van der Waals surface area contributed by atoms with Crippen LogP contribution in [0.2, 0.25) is 0 Å². The lowest BCUT2D eigenvalue weighted by Gasteiger charge is -2.11. The first-order valence-corrected chi connectivity index (χ1v) is 4.49. The molecule has 0 N–H and O–H groups in total. The SMILES string of the molecule is N#CCCN1C(=O)SCC1=S. The Hall–Kier alpha value is -0.600. The molecule has 0 atom stereocenters. The minimum atomic E-state index is -0.0229. The van der Waals surface area contributed by atoms with Crippen molar-refractivity contribution in [2.75, 3.05) is 12.3 Å². The lowest BCUT2D eigenvalue weighted by molar-refractivity contribution is 0.246. The second kappa shape index (κ2) is 3.69. The van der Waals surface area contributed by atoms with Gasteiger partial charge in [0, 0.05) is 6.54 Å². The monoisotopic (exact) mass is 186 g/mol. The normalized spacial score (nSPS) is 17.2. The predicted molar refractivity (Wildman–Crippen MR) is 47.4 cm³/mol. The summed E-state index contributed by atoms with van der Waals surface area (Å²) in [4.78, 5) is 13.1. The van der Waals surface area contributed by atoms with E-state index >= 15 is 0 Å². The van der Waals surface area contributed by atoms with Gasteiger partial charge >= 0.3 is 0 Å². The summed E-state index contributed by atoms with van der Waals surface area (Å²) in [6.45, 7) is 0.446. The number of hydrogen-bond donors (Lipinski definition) is 0. The van der Waals surface area contributed by atoms with Gasteiger partial charge < -0.3 is 0 Å². The third-order valence-electron chi connectivity index (χ3n) is 1.29. The van der Waals surface area contributed by atoms with Gasteiger partial charge in [-0.05, 0) is 0 Å². The summed E-state index contributed by atoms with van der Waals surface area (Å²) in [6.07, 6.45) is 0.354.